The van der Waals surface area contributed by atoms with Gasteiger partial charge in [0.25, 0.3) is 0 Å². The molecule has 0 fully saturated rings. The first-order valence-electron chi connectivity index (χ1n) is 6.91. The van der Waals surface area contributed by atoms with Crippen molar-refractivity contribution in [1.82, 2.24) is 5.32 Å². The Morgan fingerprint density at radius 1 is 1.29 bits per heavy atom. The summed E-state index contributed by atoms with van der Waals surface area (Å²) < 4.78 is 5.38. The molecule has 2 rings (SSSR count). The Morgan fingerprint density at radius 2 is 2.00 bits per heavy atom. The molecular formula is C16H20N2O3. The van der Waals surface area contributed by atoms with Crippen LogP contribution < -0.4 is 10.6 Å². The van der Waals surface area contributed by atoms with Crippen molar-refractivity contribution in [3.8, 4) is 0 Å². The van der Waals surface area contributed by atoms with E-state index in [1.807, 2.05) is 50.2 Å². The number of furan rings is 1. The Labute approximate surface area is 124 Å². The lowest BCUT2D eigenvalue weighted by molar-refractivity contribution is 0.165. The van der Waals surface area contributed by atoms with Crippen LogP contribution in [-0.2, 0) is 0 Å². The first kappa shape index (κ1) is 15.1. The third-order valence-electron chi connectivity index (χ3n) is 3.17. The van der Waals surface area contributed by atoms with Crippen LogP contribution in [0.5, 0.6) is 0 Å². The Bertz CT molecular complexity index is 593. The Balaban J connectivity index is 1.76. The molecule has 2 amide bonds. The molecule has 2 aromatic rings. The second-order valence-electron chi connectivity index (χ2n) is 4.92. The smallest absolute Gasteiger partial charge is 0.319 e. The molecule has 0 aliphatic rings. The van der Waals surface area contributed by atoms with Crippen LogP contribution >= 0.6 is 0 Å². The topological polar surface area (TPSA) is 74.5 Å². The van der Waals surface area contributed by atoms with Gasteiger partial charge in [-0.1, -0.05) is 18.2 Å². The van der Waals surface area contributed by atoms with Gasteiger partial charge in [-0.15, -0.1) is 0 Å². The number of hydrogen-bond donors (Lipinski definition) is 3. The van der Waals surface area contributed by atoms with Crippen LogP contribution in [0.15, 0.2) is 40.8 Å². The maximum Gasteiger partial charge on any atom is 0.319 e. The molecule has 112 valence electrons. The van der Waals surface area contributed by atoms with Crippen LogP contribution in [0.4, 0.5) is 10.5 Å². The Morgan fingerprint density at radius 3 is 2.62 bits per heavy atom. The van der Waals surface area contributed by atoms with Crippen LogP contribution in [0.3, 0.4) is 0 Å². The van der Waals surface area contributed by atoms with E-state index in [1.54, 1.807) is 0 Å². The van der Waals surface area contributed by atoms with E-state index in [9.17, 15) is 9.90 Å². The van der Waals surface area contributed by atoms with Gasteiger partial charge in [0.2, 0.25) is 0 Å². The predicted molar refractivity (Wildman–Crippen MR) is 81.2 cm³/mol. The van der Waals surface area contributed by atoms with Crippen molar-refractivity contribution in [2.24, 2.45) is 0 Å². The quantitative estimate of drug-likeness (QED) is 0.791. The average molecular weight is 288 g/mol. The lowest BCUT2D eigenvalue weighted by atomic mass is 10.1. The van der Waals surface area contributed by atoms with Crippen molar-refractivity contribution in [3.63, 3.8) is 0 Å². The lowest BCUT2D eigenvalue weighted by Gasteiger charge is -2.11. The number of aryl methyl sites for hydroxylation is 2. The third-order valence-corrected chi connectivity index (χ3v) is 3.17. The number of rotatable bonds is 5. The van der Waals surface area contributed by atoms with Crippen molar-refractivity contribution >= 4 is 11.7 Å². The first-order chi connectivity index (χ1) is 10.1. The highest BCUT2D eigenvalue weighted by Crippen LogP contribution is 2.23. The molecule has 0 spiro atoms. The van der Waals surface area contributed by atoms with Crippen LogP contribution in [0.1, 0.15) is 29.6 Å². The van der Waals surface area contributed by atoms with E-state index in [-0.39, 0.29) is 6.03 Å². The van der Waals surface area contributed by atoms with Gasteiger partial charge < -0.3 is 20.2 Å². The van der Waals surface area contributed by atoms with Gasteiger partial charge in [-0.2, -0.15) is 0 Å². The fourth-order valence-corrected chi connectivity index (χ4v) is 2.16. The molecule has 5 heteroatoms. The highest BCUT2D eigenvalue weighted by atomic mass is 16.3. The van der Waals surface area contributed by atoms with Gasteiger partial charge in [-0.3, -0.25) is 0 Å². The number of hydrogen-bond acceptors (Lipinski definition) is 3. The zero-order chi connectivity index (χ0) is 15.2. The van der Waals surface area contributed by atoms with Gasteiger partial charge >= 0.3 is 6.03 Å². The van der Waals surface area contributed by atoms with Crippen molar-refractivity contribution in [2.45, 2.75) is 26.4 Å². The predicted octanol–water partition coefficient (Wildman–Crippen LogP) is 3.14. The third kappa shape index (κ3) is 4.36. The molecule has 0 bridgehead atoms. The van der Waals surface area contributed by atoms with Crippen LogP contribution in [0.25, 0.3) is 0 Å². The van der Waals surface area contributed by atoms with Gasteiger partial charge in [0.05, 0.1) is 6.10 Å². The first-order valence-corrected chi connectivity index (χ1v) is 6.91. The summed E-state index contributed by atoms with van der Waals surface area (Å²) in [5, 5.41) is 15.5. The van der Waals surface area contributed by atoms with Crippen LogP contribution in [0, 0.1) is 13.8 Å². The highest BCUT2D eigenvalue weighted by Gasteiger charge is 2.14. The fourth-order valence-electron chi connectivity index (χ4n) is 2.16. The van der Waals surface area contributed by atoms with Gasteiger partial charge in [-0.25, -0.2) is 4.79 Å². The summed E-state index contributed by atoms with van der Waals surface area (Å²) >= 11 is 0. The zero-order valence-corrected chi connectivity index (χ0v) is 12.2. The molecule has 0 aliphatic heterocycles. The van der Waals surface area contributed by atoms with Gasteiger partial charge in [-0.05, 0) is 38.5 Å². The molecular weight excluding hydrogens is 268 g/mol. The molecule has 1 aromatic heterocycles. The van der Waals surface area contributed by atoms with E-state index in [0.29, 0.717) is 18.7 Å². The van der Waals surface area contributed by atoms with Gasteiger partial charge in [0, 0.05) is 17.8 Å². The monoisotopic (exact) mass is 288 g/mol. The van der Waals surface area contributed by atoms with Crippen molar-refractivity contribution in [3.05, 3.63) is 53.5 Å². The van der Waals surface area contributed by atoms with Gasteiger partial charge in [0.1, 0.15) is 11.5 Å². The Hall–Kier alpha value is -2.27. The van der Waals surface area contributed by atoms with E-state index < -0.39 is 6.10 Å². The number of anilines is 1. The SMILES string of the molecule is Cc1cc(C(O)CCNC(=O)Nc2ccccc2)c(C)o1. The summed E-state index contributed by atoms with van der Waals surface area (Å²) in [5.74, 6) is 1.49. The van der Waals surface area contributed by atoms with Gasteiger partial charge in [0.15, 0.2) is 0 Å². The fraction of sp³-hybridized carbons (Fsp3) is 0.312. The number of carbonyl (C=O) groups excluding carboxylic acids is 1. The second-order valence-corrected chi connectivity index (χ2v) is 4.92. The van der Waals surface area contributed by atoms with Crippen molar-refractivity contribution < 1.29 is 14.3 Å². The summed E-state index contributed by atoms with van der Waals surface area (Å²) in [4.78, 5) is 11.7. The number of para-hydroxylation sites is 1. The van der Waals surface area contributed by atoms with E-state index in [4.69, 9.17) is 4.42 Å². The maximum atomic E-state index is 11.7. The summed E-state index contributed by atoms with van der Waals surface area (Å²) in [6.07, 6.45) is -0.207. The minimum Gasteiger partial charge on any atom is -0.466 e. The summed E-state index contributed by atoms with van der Waals surface area (Å²) in [6.45, 7) is 4.04. The number of urea groups is 1. The standard InChI is InChI=1S/C16H20N2O3/c1-11-10-14(12(2)21-11)15(19)8-9-17-16(20)18-13-6-4-3-5-7-13/h3-7,10,15,19H,8-9H2,1-2H3,(H2,17,18,20). The second kappa shape index (κ2) is 6.95. The number of nitrogens with one attached hydrogen (secondary N) is 2. The molecule has 0 saturated heterocycles. The summed E-state index contributed by atoms with van der Waals surface area (Å²) in [5.41, 5.74) is 1.51. The largest absolute Gasteiger partial charge is 0.466 e. The van der Waals surface area contributed by atoms with E-state index in [1.165, 1.54) is 0 Å². The van der Waals surface area contributed by atoms with Crippen LogP contribution in [0.2, 0.25) is 0 Å². The summed E-state index contributed by atoms with van der Waals surface area (Å²) in [7, 11) is 0. The minimum absolute atomic E-state index is 0.284. The molecule has 0 aliphatic carbocycles. The molecule has 0 radical (unpaired) electrons. The molecule has 1 unspecified atom stereocenters. The number of aliphatic hydroxyl groups is 1. The van der Waals surface area contributed by atoms with Crippen molar-refractivity contribution in [2.75, 3.05) is 11.9 Å². The highest BCUT2D eigenvalue weighted by molar-refractivity contribution is 5.89. The van der Waals surface area contributed by atoms with E-state index >= 15 is 0 Å². The summed E-state index contributed by atoms with van der Waals surface area (Å²) in [6, 6.07) is 10.7. The van der Waals surface area contributed by atoms with E-state index in [2.05, 4.69) is 10.6 Å². The average Bonchev–Trinajstić information content (AvgIpc) is 2.79. The van der Waals surface area contributed by atoms with Crippen LogP contribution in [-0.4, -0.2) is 17.7 Å². The number of benzene rings is 1. The maximum absolute atomic E-state index is 11.7. The molecule has 5 nitrogen and oxygen atoms in total. The molecule has 0 saturated carbocycles. The Kier molecular flexibility index (Phi) is 5.00. The van der Waals surface area contributed by atoms with E-state index in [0.717, 1.165) is 17.0 Å². The molecule has 1 aromatic carbocycles. The zero-order valence-electron chi connectivity index (χ0n) is 12.2. The molecule has 1 atom stereocenters. The molecule has 21 heavy (non-hydrogen) atoms. The normalized spacial score (nSPS) is 12.0. The molecule has 1 heterocycles. The number of carbonyl (C=O) groups is 1. The van der Waals surface area contributed by atoms with Crippen molar-refractivity contribution in [1.29, 1.82) is 0 Å². The number of aliphatic hydroxyl groups excluding tert-OH is 1. The number of amides is 2. The minimum atomic E-state index is -0.639. The lowest BCUT2D eigenvalue weighted by Crippen LogP contribution is -2.30. The molecule has 3 N–H and O–H groups in total.